The highest BCUT2D eigenvalue weighted by atomic mass is 32.2. The predicted molar refractivity (Wildman–Crippen MR) is 94.9 cm³/mol. The number of benzene rings is 2. The average Bonchev–Trinajstić information content (AvgIpc) is 3.12. The lowest BCUT2D eigenvalue weighted by Gasteiger charge is -2.06. The van der Waals surface area contributed by atoms with Crippen molar-refractivity contribution in [2.45, 2.75) is 19.1 Å². The summed E-state index contributed by atoms with van der Waals surface area (Å²) in [6, 6.07) is 7.38. The molecule has 0 radical (unpaired) electrons. The van der Waals surface area contributed by atoms with E-state index in [9.17, 15) is 18.0 Å². The number of amides is 1. The Balaban J connectivity index is 1.62. The van der Waals surface area contributed by atoms with Crippen LogP contribution in [0.25, 0.3) is 11.5 Å². The van der Waals surface area contributed by atoms with Crippen molar-refractivity contribution >= 4 is 23.4 Å². The third kappa shape index (κ3) is 4.30. The van der Waals surface area contributed by atoms with E-state index in [2.05, 4.69) is 15.5 Å². The first kappa shape index (κ1) is 19.0. The van der Waals surface area contributed by atoms with E-state index < -0.39 is 29.0 Å². The first-order valence-electron chi connectivity index (χ1n) is 7.82. The molecule has 0 aliphatic heterocycles. The number of carbonyl (C=O) groups is 1. The molecule has 0 unspecified atom stereocenters. The van der Waals surface area contributed by atoms with Crippen LogP contribution in [-0.4, -0.2) is 21.9 Å². The lowest BCUT2D eigenvalue weighted by molar-refractivity contribution is -0.113. The van der Waals surface area contributed by atoms with Gasteiger partial charge in [0.15, 0.2) is 17.5 Å². The van der Waals surface area contributed by atoms with Crippen LogP contribution >= 0.6 is 11.8 Å². The molecule has 3 aromatic rings. The van der Waals surface area contributed by atoms with Gasteiger partial charge in [-0.3, -0.25) is 4.79 Å². The number of hydrogen-bond donors (Lipinski definition) is 1. The molecule has 0 atom stereocenters. The number of anilines is 1. The highest BCUT2D eigenvalue weighted by Crippen LogP contribution is 2.25. The van der Waals surface area contributed by atoms with Crippen LogP contribution < -0.4 is 5.32 Å². The first-order chi connectivity index (χ1) is 12.8. The molecule has 140 valence electrons. The van der Waals surface area contributed by atoms with Gasteiger partial charge in [-0.2, -0.15) is 0 Å². The maximum absolute atomic E-state index is 13.6. The van der Waals surface area contributed by atoms with Gasteiger partial charge in [-0.05, 0) is 49.2 Å². The molecule has 0 bridgehead atoms. The van der Waals surface area contributed by atoms with Crippen LogP contribution in [0.4, 0.5) is 18.9 Å². The summed E-state index contributed by atoms with van der Waals surface area (Å²) in [7, 11) is 0. The zero-order chi connectivity index (χ0) is 19.6. The molecule has 0 saturated carbocycles. The van der Waals surface area contributed by atoms with E-state index in [1.807, 2.05) is 32.0 Å². The van der Waals surface area contributed by atoms with E-state index in [0.717, 1.165) is 40.6 Å². The number of thioether (sulfide) groups is 1. The number of nitrogens with zero attached hydrogens (tertiary/aromatic N) is 2. The molecule has 1 amide bonds. The molecule has 5 nitrogen and oxygen atoms in total. The second kappa shape index (κ2) is 7.83. The molecule has 9 heteroatoms. The summed E-state index contributed by atoms with van der Waals surface area (Å²) in [5.41, 5.74) is 2.52. The van der Waals surface area contributed by atoms with Gasteiger partial charge in [-0.1, -0.05) is 17.8 Å². The monoisotopic (exact) mass is 393 g/mol. The Hall–Kier alpha value is -2.81. The van der Waals surface area contributed by atoms with E-state index in [0.29, 0.717) is 5.89 Å². The minimum absolute atomic E-state index is 0.157. The second-order valence-corrected chi connectivity index (χ2v) is 6.66. The van der Waals surface area contributed by atoms with Gasteiger partial charge in [0.1, 0.15) is 0 Å². The highest BCUT2D eigenvalue weighted by molar-refractivity contribution is 7.99. The molecule has 27 heavy (non-hydrogen) atoms. The van der Waals surface area contributed by atoms with E-state index in [-0.39, 0.29) is 11.0 Å². The van der Waals surface area contributed by atoms with E-state index in [1.54, 1.807) is 0 Å². The minimum atomic E-state index is -1.64. The molecule has 0 saturated heterocycles. The van der Waals surface area contributed by atoms with Crippen LogP contribution in [-0.2, 0) is 4.79 Å². The van der Waals surface area contributed by atoms with Crippen LogP contribution in [0.2, 0.25) is 0 Å². The Morgan fingerprint density at radius 1 is 1.07 bits per heavy atom. The van der Waals surface area contributed by atoms with Crippen molar-refractivity contribution in [2.24, 2.45) is 0 Å². The van der Waals surface area contributed by atoms with Gasteiger partial charge in [0, 0.05) is 5.56 Å². The smallest absolute Gasteiger partial charge is 0.277 e. The third-order valence-electron chi connectivity index (χ3n) is 3.80. The summed E-state index contributed by atoms with van der Waals surface area (Å²) in [6.45, 7) is 3.95. The highest BCUT2D eigenvalue weighted by Gasteiger charge is 2.16. The van der Waals surface area contributed by atoms with Crippen LogP contribution in [0.3, 0.4) is 0 Å². The standard InChI is InChI=1S/C18H14F3N3O2S/c1-9-3-4-11(7-10(9)2)17-23-24-18(26-17)27-8-14(25)22-13-6-5-12(19)15(20)16(13)21/h3-7H,8H2,1-2H3,(H,22,25). The Morgan fingerprint density at radius 2 is 1.85 bits per heavy atom. The van der Waals surface area contributed by atoms with Crippen molar-refractivity contribution < 1.29 is 22.4 Å². The SMILES string of the molecule is Cc1ccc(-c2nnc(SCC(=O)Nc3ccc(F)c(F)c3F)o2)cc1C. The predicted octanol–water partition coefficient (Wildman–Crippen LogP) is 4.50. The van der Waals surface area contributed by atoms with Crippen LogP contribution in [0, 0.1) is 31.3 Å². The van der Waals surface area contributed by atoms with Gasteiger partial charge < -0.3 is 9.73 Å². The van der Waals surface area contributed by atoms with Crippen molar-refractivity contribution in [3.8, 4) is 11.5 Å². The third-order valence-corrected chi connectivity index (χ3v) is 4.61. The van der Waals surface area contributed by atoms with Gasteiger partial charge in [0.2, 0.25) is 11.8 Å². The molecule has 1 aromatic heterocycles. The number of aromatic nitrogens is 2. The number of halogens is 3. The van der Waals surface area contributed by atoms with Crippen LogP contribution in [0.5, 0.6) is 0 Å². The lowest BCUT2D eigenvalue weighted by Crippen LogP contribution is -2.15. The van der Waals surface area contributed by atoms with Gasteiger partial charge in [0.05, 0.1) is 11.4 Å². The number of carbonyl (C=O) groups excluding carboxylic acids is 1. The number of nitrogens with one attached hydrogen (secondary N) is 1. The molecule has 1 N–H and O–H groups in total. The summed E-state index contributed by atoms with van der Waals surface area (Å²) in [4.78, 5) is 11.9. The summed E-state index contributed by atoms with van der Waals surface area (Å²) in [5, 5.41) is 10.1. The number of hydrogen-bond acceptors (Lipinski definition) is 5. The zero-order valence-electron chi connectivity index (χ0n) is 14.3. The Kier molecular flexibility index (Phi) is 5.50. The van der Waals surface area contributed by atoms with Crippen molar-refractivity contribution in [2.75, 3.05) is 11.1 Å². The topological polar surface area (TPSA) is 68.0 Å². The van der Waals surface area contributed by atoms with Gasteiger partial charge >= 0.3 is 0 Å². The zero-order valence-corrected chi connectivity index (χ0v) is 15.2. The minimum Gasteiger partial charge on any atom is -0.411 e. The molecule has 3 rings (SSSR count). The average molecular weight is 393 g/mol. The quantitative estimate of drug-likeness (QED) is 0.511. The van der Waals surface area contributed by atoms with Crippen molar-refractivity contribution in [1.29, 1.82) is 0 Å². The van der Waals surface area contributed by atoms with E-state index in [1.165, 1.54) is 0 Å². The Morgan fingerprint density at radius 3 is 2.59 bits per heavy atom. The Bertz CT molecular complexity index is 1010. The molecule has 0 fully saturated rings. The van der Waals surface area contributed by atoms with Crippen LogP contribution in [0.15, 0.2) is 40.0 Å². The number of rotatable bonds is 5. The first-order valence-corrected chi connectivity index (χ1v) is 8.81. The molecular weight excluding hydrogens is 379 g/mol. The lowest BCUT2D eigenvalue weighted by atomic mass is 10.1. The molecule has 0 aliphatic carbocycles. The molecule has 0 spiro atoms. The maximum Gasteiger partial charge on any atom is 0.277 e. The van der Waals surface area contributed by atoms with Crippen LogP contribution in [0.1, 0.15) is 11.1 Å². The molecule has 0 aliphatic rings. The molecule has 1 heterocycles. The maximum atomic E-state index is 13.6. The summed E-state index contributed by atoms with van der Waals surface area (Å²) >= 11 is 0.941. The van der Waals surface area contributed by atoms with Gasteiger partial charge in [-0.15, -0.1) is 10.2 Å². The Labute approximate surface area is 157 Å². The van der Waals surface area contributed by atoms with Gasteiger partial charge in [0.25, 0.3) is 5.22 Å². The fourth-order valence-electron chi connectivity index (χ4n) is 2.20. The van der Waals surface area contributed by atoms with E-state index in [4.69, 9.17) is 4.42 Å². The molecule has 2 aromatic carbocycles. The van der Waals surface area contributed by atoms with Crippen molar-refractivity contribution in [1.82, 2.24) is 10.2 Å². The fraction of sp³-hybridized carbons (Fsp3) is 0.167. The summed E-state index contributed by atoms with van der Waals surface area (Å²) in [6.07, 6.45) is 0. The van der Waals surface area contributed by atoms with Gasteiger partial charge in [-0.25, -0.2) is 13.2 Å². The second-order valence-electron chi connectivity index (χ2n) is 5.73. The van der Waals surface area contributed by atoms with Crippen molar-refractivity contribution in [3.05, 3.63) is 58.9 Å². The number of aryl methyl sites for hydroxylation is 2. The largest absolute Gasteiger partial charge is 0.411 e. The fourth-order valence-corrected chi connectivity index (χ4v) is 2.76. The summed E-state index contributed by atoms with van der Waals surface area (Å²) < 4.78 is 45.1. The van der Waals surface area contributed by atoms with Crippen molar-refractivity contribution in [3.63, 3.8) is 0 Å². The van der Waals surface area contributed by atoms with E-state index >= 15 is 0 Å². The molecular formula is C18H14F3N3O2S. The normalized spacial score (nSPS) is 10.9. The summed E-state index contributed by atoms with van der Waals surface area (Å²) in [5.74, 6) is -4.92.